The van der Waals surface area contributed by atoms with Crippen molar-refractivity contribution in [2.75, 3.05) is 51.6 Å². The van der Waals surface area contributed by atoms with Crippen molar-refractivity contribution in [2.45, 2.75) is 6.61 Å². The Balaban J connectivity index is 1.44. The Morgan fingerprint density at radius 2 is 1.89 bits per heavy atom. The molecule has 0 unspecified atom stereocenters. The number of aromatic nitrogens is 1. The number of piperazine rings is 1. The molecule has 0 bridgehead atoms. The summed E-state index contributed by atoms with van der Waals surface area (Å²) >= 11 is 0. The number of anilines is 1. The Morgan fingerprint density at radius 1 is 1.11 bits per heavy atom. The molecule has 0 saturated carbocycles. The number of amides is 2. The van der Waals surface area contributed by atoms with Crippen LogP contribution in [-0.2, 0) is 6.61 Å². The number of pyridine rings is 1. The molecule has 0 aliphatic carbocycles. The highest BCUT2D eigenvalue weighted by Crippen LogP contribution is 2.21. The third-order valence-electron chi connectivity index (χ3n) is 4.55. The second-order valence-electron chi connectivity index (χ2n) is 6.65. The summed E-state index contributed by atoms with van der Waals surface area (Å²) in [4.78, 5) is 21.1. The highest BCUT2D eigenvalue weighted by atomic mass is 16.5. The maximum absolute atomic E-state index is 12.2. The minimum atomic E-state index is -0.271. The van der Waals surface area contributed by atoms with Gasteiger partial charge in [-0.1, -0.05) is 30.3 Å². The molecule has 2 N–H and O–H groups in total. The number of carbonyl (C=O) groups excluding carboxylic acids is 1. The summed E-state index contributed by atoms with van der Waals surface area (Å²) in [6, 6.07) is 13.2. The molecular weight excluding hydrogens is 342 g/mol. The molecule has 27 heavy (non-hydrogen) atoms. The van der Waals surface area contributed by atoms with Crippen molar-refractivity contribution in [1.82, 2.24) is 20.1 Å². The van der Waals surface area contributed by atoms with Crippen LogP contribution in [0.15, 0.2) is 48.7 Å². The van der Waals surface area contributed by atoms with Crippen LogP contribution in [0.25, 0.3) is 0 Å². The van der Waals surface area contributed by atoms with Crippen molar-refractivity contribution in [1.29, 1.82) is 0 Å². The lowest BCUT2D eigenvalue weighted by molar-refractivity contribution is 0.155. The SMILES string of the molecule is CN1CCN(CCNC(=O)Nc2ncccc2OCc2ccccc2)CC1. The highest BCUT2D eigenvalue weighted by molar-refractivity contribution is 5.89. The van der Waals surface area contributed by atoms with Crippen LogP contribution in [-0.4, -0.2) is 67.1 Å². The summed E-state index contributed by atoms with van der Waals surface area (Å²) in [5.41, 5.74) is 1.06. The van der Waals surface area contributed by atoms with Crippen molar-refractivity contribution in [3.05, 3.63) is 54.2 Å². The first kappa shape index (κ1) is 19.1. The molecule has 1 saturated heterocycles. The predicted molar refractivity (Wildman–Crippen MR) is 106 cm³/mol. The van der Waals surface area contributed by atoms with Gasteiger partial charge in [0.15, 0.2) is 11.6 Å². The second-order valence-corrected chi connectivity index (χ2v) is 6.65. The quantitative estimate of drug-likeness (QED) is 0.782. The standard InChI is InChI=1S/C20H27N5O2/c1-24-12-14-25(15-13-24)11-10-22-20(26)23-19-18(8-5-9-21-19)27-16-17-6-3-2-4-7-17/h2-9H,10-16H2,1H3,(H2,21,22,23,26). The zero-order valence-electron chi connectivity index (χ0n) is 15.7. The third-order valence-corrected chi connectivity index (χ3v) is 4.55. The van der Waals surface area contributed by atoms with Gasteiger partial charge in [-0.15, -0.1) is 0 Å². The van der Waals surface area contributed by atoms with Crippen LogP contribution in [0, 0.1) is 0 Å². The van der Waals surface area contributed by atoms with Crippen molar-refractivity contribution in [3.63, 3.8) is 0 Å². The van der Waals surface area contributed by atoms with E-state index < -0.39 is 0 Å². The van der Waals surface area contributed by atoms with Gasteiger partial charge in [0.05, 0.1) is 0 Å². The first-order valence-electron chi connectivity index (χ1n) is 9.28. The van der Waals surface area contributed by atoms with Gasteiger partial charge in [0, 0.05) is 45.5 Å². The molecule has 2 aromatic rings. The fourth-order valence-corrected chi connectivity index (χ4v) is 2.89. The summed E-state index contributed by atoms with van der Waals surface area (Å²) in [6.07, 6.45) is 1.63. The first-order chi connectivity index (χ1) is 13.2. The van der Waals surface area contributed by atoms with E-state index in [-0.39, 0.29) is 6.03 Å². The van der Waals surface area contributed by atoms with E-state index >= 15 is 0 Å². The van der Waals surface area contributed by atoms with Crippen LogP contribution in [0.2, 0.25) is 0 Å². The first-order valence-corrected chi connectivity index (χ1v) is 9.28. The van der Waals surface area contributed by atoms with Gasteiger partial charge in [-0.3, -0.25) is 10.2 Å². The molecule has 2 heterocycles. The van der Waals surface area contributed by atoms with Gasteiger partial charge in [0.1, 0.15) is 6.61 Å². The summed E-state index contributed by atoms with van der Waals surface area (Å²) in [5, 5.41) is 5.67. The minimum Gasteiger partial charge on any atom is -0.485 e. The number of carbonyl (C=O) groups is 1. The smallest absolute Gasteiger partial charge is 0.320 e. The summed E-state index contributed by atoms with van der Waals surface area (Å²) in [6.45, 7) is 6.09. The molecule has 1 aromatic carbocycles. The highest BCUT2D eigenvalue weighted by Gasteiger charge is 2.14. The number of benzene rings is 1. The molecular formula is C20H27N5O2. The Kier molecular flexibility index (Phi) is 7.01. The normalized spacial score (nSPS) is 15.3. The number of nitrogens with zero attached hydrogens (tertiary/aromatic N) is 3. The van der Waals surface area contributed by atoms with E-state index in [9.17, 15) is 4.79 Å². The maximum atomic E-state index is 12.2. The Bertz CT molecular complexity index is 717. The Hall–Kier alpha value is -2.64. The van der Waals surface area contributed by atoms with Gasteiger partial charge in [0.25, 0.3) is 0 Å². The lowest BCUT2D eigenvalue weighted by atomic mass is 10.2. The Labute approximate surface area is 160 Å². The molecule has 1 aliphatic rings. The van der Waals surface area contributed by atoms with Crippen molar-refractivity contribution >= 4 is 11.8 Å². The largest absolute Gasteiger partial charge is 0.485 e. The third kappa shape index (κ3) is 6.23. The molecule has 7 nitrogen and oxygen atoms in total. The second kappa shape index (κ2) is 9.89. The molecule has 0 atom stereocenters. The van der Waals surface area contributed by atoms with Crippen molar-refractivity contribution in [2.24, 2.45) is 0 Å². The van der Waals surface area contributed by atoms with Crippen molar-refractivity contribution in [3.8, 4) is 5.75 Å². The van der Waals surface area contributed by atoms with Gasteiger partial charge in [-0.05, 0) is 24.7 Å². The maximum Gasteiger partial charge on any atom is 0.320 e. The molecule has 1 aromatic heterocycles. The molecule has 2 amide bonds. The lowest BCUT2D eigenvalue weighted by Gasteiger charge is -2.32. The number of urea groups is 1. The van der Waals surface area contributed by atoms with Crippen molar-refractivity contribution < 1.29 is 9.53 Å². The van der Waals surface area contributed by atoms with E-state index in [2.05, 4.69) is 32.5 Å². The Morgan fingerprint density at radius 3 is 2.67 bits per heavy atom. The van der Waals surface area contributed by atoms with Crippen LogP contribution in [0.4, 0.5) is 10.6 Å². The van der Waals surface area contributed by atoms with E-state index in [1.807, 2.05) is 30.3 Å². The lowest BCUT2D eigenvalue weighted by Crippen LogP contribution is -2.47. The molecule has 7 heteroatoms. The summed E-state index contributed by atoms with van der Waals surface area (Å²) < 4.78 is 5.82. The number of hydrogen-bond donors (Lipinski definition) is 2. The van der Waals surface area contributed by atoms with Gasteiger partial charge in [-0.2, -0.15) is 0 Å². The van der Waals surface area contributed by atoms with Crippen LogP contribution >= 0.6 is 0 Å². The van der Waals surface area contributed by atoms with Crippen LogP contribution in [0.5, 0.6) is 5.75 Å². The number of likely N-dealkylation sites (N-methyl/N-ethyl adjacent to an activating group) is 1. The number of hydrogen-bond acceptors (Lipinski definition) is 5. The molecule has 1 aliphatic heterocycles. The predicted octanol–water partition coefficient (Wildman–Crippen LogP) is 2.03. The number of nitrogens with one attached hydrogen (secondary N) is 2. The van der Waals surface area contributed by atoms with Gasteiger partial charge < -0.3 is 15.0 Å². The van der Waals surface area contributed by atoms with E-state index in [0.717, 1.165) is 38.3 Å². The van der Waals surface area contributed by atoms with E-state index in [1.54, 1.807) is 18.3 Å². The molecule has 0 radical (unpaired) electrons. The van der Waals surface area contributed by atoms with Gasteiger partial charge in [-0.25, -0.2) is 9.78 Å². The van der Waals surface area contributed by atoms with E-state index in [4.69, 9.17) is 4.74 Å². The minimum absolute atomic E-state index is 0.271. The molecule has 1 fully saturated rings. The van der Waals surface area contributed by atoms with Gasteiger partial charge >= 0.3 is 6.03 Å². The average molecular weight is 369 g/mol. The fourth-order valence-electron chi connectivity index (χ4n) is 2.89. The van der Waals surface area contributed by atoms with Crippen LogP contribution < -0.4 is 15.4 Å². The average Bonchev–Trinajstić information content (AvgIpc) is 2.70. The molecule has 3 rings (SSSR count). The topological polar surface area (TPSA) is 69.7 Å². The monoisotopic (exact) mass is 369 g/mol. The zero-order valence-corrected chi connectivity index (χ0v) is 15.7. The molecule has 0 spiro atoms. The van der Waals surface area contributed by atoms with Crippen LogP contribution in [0.1, 0.15) is 5.56 Å². The number of ether oxygens (including phenoxy) is 1. The van der Waals surface area contributed by atoms with Crippen LogP contribution in [0.3, 0.4) is 0 Å². The summed E-state index contributed by atoms with van der Waals surface area (Å²) in [5.74, 6) is 0.973. The summed E-state index contributed by atoms with van der Waals surface area (Å²) in [7, 11) is 2.13. The fraction of sp³-hybridized carbons (Fsp3) is 0.400. The van der Waals surface area contributed by atoms with E-state index in [1.165, 1.54) is 0 Å². The zero-order chi connectivity index (χ0) is 18.9. The molecule has 144 valence electrons. The number of rotatable bonds is 7. The van der Waals surface area contributed by atoms with Gasteiger partial charge in [0.2, 0.25) is 0 Å². The van der Waals surface area contributed by atoms with E-state index in [0.29, 0.717) is 24.7 Å².